The van der Waals surface area contributed by atoms with Crippen LogP contribution in [-0.2, 0) is 20.3 Å². The Kier molecular flexibility index (Phi) is 9.58. The van der Waals surface area contributed by atoms with Crippen molar-refractivity contribution < 1.29 is 23.4 Å². The van der Waals surface area contributed by atoms with E-state index in [2.05, 4.69) is 35.7 Å². The van der Waals surface area contributed by atoms with E-state index in [4.69, 9.17) is 9.84 Å². The van der Waals surface area contributed by atoms with Crippen molar-refractivity contribution in [2.24, 2.45) is 15.6 Å². The van der Waals surface area contributed by atoms with Crippen molar-refractivity contribution in [3.8, 4) is 5.88 Å². The van der Waals surface area contributed by atoms with Crippen molar-refractivity contribution in [3.63, 3.8) is 0 Å². The summed E-state index contributed by atoms with van der Waals surface area (Å²) >= 11 is 0. The molecule has 2 rings (SSSR count). The van der Waals surface area contributed by atoms with Gasteiger partial charge in [0.1, 0.15) is 0 Å². The Labute approximate surface area is 213 Å². The van der Waals surface area contributed by atoms with Gasteiger partial charge in [-0.2, -0.15) is 5.11 Å². The monoisotopic (exact) mass is 522 g/mol. The second kappa shape index (κ2) is 11.6. The highest BCUT2D eigenvalue weighted by atomic mass is 32.2. The van der Waals surface area contributed by atoms with Crippen molar-refractivity contribution in [2.45, 2.75) is 65.3 Å². The Hall–Kier alpha value is -2.60. The first-order valence-corrected chi connectivity index (χ1v) is 13.2. The maximum Gasteiger partial charge on any atom is 0.281 e. The van der Waals surface area contributed by atoms with Gasteiger partial charge in [-0.1, -0.05) is 20.8 Å². The molecule has 0 spiro atoms. The number of rotatable bonds is 11. The third kappa shape index (κ3) is 7.45. The Morgan fingerprint density at radius 2 is 1.61 bits per heavy atom. The third-order valence-corrected chi connectivity index (χ3v) is 7.10. The summed E-state index contributed by atoms with van der Waals surface area (Å²) in [5.74, 6) is -0.0884. The summed E-state index contributed by atoms with van der Waals surface area (Å²) in [7, 11) is -3.74. The minimum Gasteiger partial charge on any atom is -0.494 e. The highest BCUT2D eigenvalue weighted by Crippen LogP contribution is 2.36. The van der Waals surface area contributed by atoms with Gasteiger partial charge in [0.15, 0.2) is 11.6 Å². The quantitative estimate of drug-likeness (QED) is 0.300. The molecule has 0 radical (unpaired) electrons. The first-order chi connectivity index (χ1) is 16.6. The molecule has 2 aromatic rings. The summed E-state index contributed by atoms with van der Waals surface area (Å²) in [5, 5.41) is 27.9. The average Bonchev–Trinajstić information content (AvgIpc) is 2.76. The summed E-state index contributed by atoms with van der Waals surface area (Å²) in [6.07, 6.45) is 0.643. The zero-order valence-corrected chi connectivity index (χ0v) is 22.9. The van der Waals surface area contributed by atoms with Crippen LogP contribution in [0.5, 0.6) is 5.88 Å². The van der Waals surface area contributed by atoms with Crippen LogP contribution in [0.25, 0.3) is 0 Å². The highest BCUT2D eigenvalue weighted by molar-refractivity contribution is 7.89. The smallest absolute Gasteiger partial charge is 0.281 e. The fraction of sp³-hybridized carbons (Fsp3) is 0.560. The number of aromatic hydroxyl groups is 1. The zero-order valence-electron chi connectivity index (χ0n) is 22.1. The lowest BCUT2D eigenvalue weighted by Gasteiger charge is -2.35. The van der Waals surface area contributed by atoms with Crippen molar-refractivity contribution in [1.29, 1.82) is 0 Å². The number of ether oxygens (including phenoxy) is 1. The van der Waals surface area contributed by atoms with Gasteiger partial charge in [0.25, 0.3) is 5.56 Å². The molecule has 0 fully saturated rings. The highest BCUT2D eigenvalue weighted by Gasteiger charge is 2.32. The number of pyridine rings is 1. The van der Waals surface area contributed by atoms with Gasteiger partial charge in [-0.25, -0.2) is 13.1 Å². The van der Waals surface area contributed by atoms with E-state index in [9.17, 15) is 18.3 Å². The minimum atomic E-state index is -3.74. The lowest BCUT2D eigenvalue weighted by atomic mass is 9.81. The zero-order chi connectivity index (χ0) is 27.3. The van der Waals surface area contributed by atoms with E-state index in [0.717, 1.165) is 0 Å². The van der Waals surface area contributed by atoms with Crippen LogP contribution in [0.1, 0.15) is 52.2 Å². The van der Waals surface area contributed by atoms with E-state index < -0.39 is 21.1 Å². The number of hydrogen-bond acceptors (Lipinski definition) is 8. The molecule has 1 aromatic carbocycles. The number of aliphatic hydroxyl groups is 1. The molecular weight excluding hydrogens is 484 g/mol. The number of aliphatic hydroxyl groups excluding tert-OH is 1. The maximum atomic E-state index is 13.4. The molecule has 1 aromatic heterocycles. The van der Waals surface area contributed by atoms with Gasteiger partial charge in [0.2, 0.25) is 10.0 Å². The summed E-state index contributed by atoms with van der Waals surface area (Å²) in [6, 6.07) is 5.77. The Balaban J connectivity index is 2.33. The van der Waals surface area contributed by atoms with Gasteiger partial charge in [-0.15, -0.1) is 5.11 Å². The molecule has 0 saturated carbocycles. The number of nitrogens with one attached hydrogen (secondary N) is 1. The summed E-state index contributed by atoms with van der Waals surface area (Å²) in [5.41, 5.74) is 0.351. The Morgan fingerprint density at radius 3 is 2.17 bits per heavy atom. The largest absolute Gasteiger partial charge is 0.494 e. The fourth-order valence-corrected chi connectivity index (χ4v) is 5.24. The van der Waals surface area contributed by atoms with E-state index >= 15 is 0 Å². The molecule has 0 aliphatic carbocycles. The molecular formula is C25H38N4O6S. The lowest BCUT2D eigenvalue weighted by Crippen LogP contribution is -2.39. The predicted molar refractivity (Wildman–Crippen MR) is 139 cm³/mol. The van der Waals surface area contributed by atoms with Crippen molar-refractivity contribution in [3.05, 3.63) is 45.7 Å². The van der Waals surface area contributed by atoms with E-state index in [1.54, 1.807) is 13.8 Å². The molecule has 0 aliphatic rings. The first kappa shape index (κ1) is 29.6. The van der Waals surface area contributed by atoms with Crippen LogP contribution >= 0.6 is 0 Å². The Morgan fingerprint density at radius 1 is 1.00 bits per heavy atom. The fourth-order valence-electron chi connectivity index (χ4n) is 4.23. The molecule has 10 nitrogen and oxygen atoms in total. The summed E-state index contributed by atoms with van der Waals surface area (Å²) in [4.78, 5) is 13.5. The first-order valence-electron chi connectivity index (χ1n) is 11.8. The summed E-state index contributed by atoms with van der Waals surface area (Å²) < 4.78 is 33.7. The SMILES string of the molecule is Cc1c(C)c(O)n(C(C)(C)CC(C)(C)C)c(=O)c1N=Nc1ccc(S(=O)(=O)NCCOCCO)cc1. The predicted octanol–water partition coefficient (Wildman–Crippen LogP) is 4.04. The molecule has 0 amide bonds. The molecule has 0 saturated heterocycles. The van der Waals surface area contributed by atoms with Crippen LogP contribution < -0.4 is 10.3 Å². The number of aromatic nitrogens is 1. The van der Waals surface area contributed by atoms with Crippen LogP contribution in [0.15, 0.2) is 44.2 Å². The van der Waals surface area contributed by atoms with E-state index in [1.165, 1.54) is 28.8 Å². The average molecular weight is 523 g/mol. The number of hydrogen-bond donors (Lipinski definition) is 3. The van der Waals surface area contributed by atoms with Gasteiger partial charge >= 0.3 is 0 Å². The van der Waals surface area contributed by atoms with Crippen LogP contribution in [-0.4, -0.2) is 49.6 Å². The molecule has 1 heterocycles. The normalized spacial score (nSPS) is 13.0. The van der Waals surface area contributed by atoms with Crippen LogP contribution in [0.3, 0.4) is 0 Å². The topological polar surface area (TPSA) is 143 Å². The van der Waals surface area contributed by atoms with Crippen molar-refractivity contribution >= 4 is 21.4 Å². The second-order valence-corrected chi connectivity index (χ2v) is 12.3. The summed E-state index contributed by atoms with van der Waals surface area (Å²) in [6.45, 7) is 13.7. The number of benzene rings is 1. The van der Waals surface area contributed by atoms with Crippen LogP contribution in [0, 0.1) is 19.3 Å². The van der Waals surface area contributed by atoms with Crippen molar-refractivity contribution in [1.82, 2.24) is 9.29 Å². The van der Waals surface area contributed by atoms with Gasteiger partial charge in [0, 0.05) is 17.6 Å². The molecule has 36 heavy (non-hydrogen) atoms. The molecule has 3 N–H and O–H groups in total. The number of azo groups is 1. The van der Waals surface area contributed by atoms with Gasteiger partial charge in [-0.3, -0.25) is 9.36 Å². The number of nitrogens with zero attached hydrogens (tertiary/aromatic N) is 3. The second-order valence-electron chi connectivity index (χ2n) is 10.5. The Bertz CT molecular complexity index is 1240. The molecule has 11 heteroatoms. The molecule has 0 unspecified atom stereocenters. The van der Waals surface area contributed by atoms with E-state index in [0.29, 0.717) is 23.2 Å². The molecule has 200 valence electrons. The van der Waals surface area contributed by atoms with E-state index in [1.807, 2.05) is 13.8 Å². The molecule has 0 bridgehead atoms. The standard InChI is InChI=1S/C25H38N4O6S/c1-17-18(2)22(31)29(25(6,7)16-24(3,4)5)23(32)21(17)28-27-19-8-10-20(11-9-19)36(33,34)26-12-14-35-15-13-30/h8-11,26,30-31H,12-16H2,1-7H3. The van der Waals surface area contributed by atoms with Gasteiger partial charge in [0.05, 0.1) is 30.4 Å². The molecule has 0 aliphatic heterocycles. The van der Waals surface area contributed by atoms with Gasteiger partial charge < -0.3 is 14.9 Å². The number of sulfonamides is 1. The molecule has 0 atom stereocenters. The van der Waals surface area contributed by atoms with E-state index in [-0.39, 0.29) is 48.2 Å². The third-order valence-electron chi connectivity index (χ3n) is 5.63. The van der Waals surface area contributed by atoms with Crippen molar-refractivity contribution in [2.75, 3.05) is 26.4 Å². The van der Waals surface area contributed by atoms with Crippen LogP contribution in [0.4, 0.5) is 11.4 Å². The maximum absolute atomic E-state index is 13.4. The van der Waals surface area contributed by atoms with Crippen LogP contribution in [0.2, 0.25) is 0 Å². The minimum absolute atomic E-state index is 0.0477. The lowest BCUT2D eigenvalue weighted by molar-refractivity contribution is 0.0961. The van der Waals surface area contributed by atoms with Gasteiger partial charge in [-0.05, 0) is 69.4 Å².